The van der Waals surface area contributed by atoms with Gasteiger partial charge in [-0.1, -0.05) is 12.1 Å². The average molecular weight is 378 g/mol. The molecule has 0 bridgehead atoms. The molecule has 1 aliphatic rings. The fourth-order valence-electron chi connectivity index (χ4n) is 3.82. The first-order valence-corrected chi connectivity index (χ1v) is 9.48. The number of aromatic nitrogens is 3. The maximum atomic E-state index is 13.1. The molecule has 6 heteroatoms. The number of pyridine rings is 1. The average Bonchev–Trinajstić information content (AvgIpc) is 3.32. The largest absolute Gasteiger partial charge is 0.338 e. The predicted molar refractivity (Wildman–Crippen MR) is 105 cm³/mol. The highest BCUT2D eigenvalue weighted by Gasteiger charge is 2.29. The van der Waals surface area contributed by atoms with Gasteiger partial charge in [0.15, 0.2) is 0 Å². The van der Waals surface area contributed by atoms with Crippen molar-refractivity contribution in [2.45, 2.75) is 25.7 Å². The monoisotopic (exact) mass is 378 g/mol. The third-order valence-corrected chi connectivity index (χ3v) is 5.20. The van der Waals surface area contributed by atoms with E-state index in [1.807, 2.05) is 31.0 Å². The van der Waals surface area contributed by atoms with Crippen molar-refractivity contribution in [2.24, 2.45) is 7.05 Å². The van der Waals surface area contributed by atoms with Crippen LogP contribution < -0.4 is 0 Å². The predicted octanol–water partition coefficient (Wildman–Crippen LogP) is 3.48. The summed E-state index contributed by atoms with van der Waals surface area (Å²) in [7, 11) is 1.81. The van der Waals surface area contributed by atoms with Crippen LogP contribution in [0.3, 0.4) is 0 Å². The number of hydrogen-bond donors (Lipinski definition) is 0. The van der Waals surface area contributed by atoms with Gasteiger partial charge in [-0.15, -0.1) is 0 Å². The van der Waals surface area contributed by atoms with Crippen molar-refractivity contribution in [3.63, 3.8) is 0 Å². The van der Waals surface area contributed by atoms with E-state index in [0.717, 1.165) is 41.9 Å². The van der Waals surface area contributed by atoms with Gasteiger partial charge in [0.2, 0.25) is 0 Å². The molecule has 1 saturated heterocycles. The Morgan fingerprint density at radius 3 is 2.71 bits per heavy atom. The summed E-state index contributed by atoms with van der Waals surface area (Å²) in [5.74, 6) is 0.0296. The van der Waals surface area contributed by atoms with Crippen LogP contribution in [0.4, 0.5) is 4.39 Å². The number of aryl methyl sites for hydroxylation is 2. The molecule has 0 aliphatic carbocycles. The second kappa shape index (κ2) is 7.54. The number of rotatable bonds is 4. The van der Waals surface area contributed by atoms with Gasteiger partial charge in [0.1, 0.15) is 5.82 Å². The van der Waals surface area contributed by atoms with E-state index in [1.54, 1.807) is 17.1 Å². The molecule has 1 amide bonds. The number of likely N-dealkylation sites (tertiary alicyclic amines) is 1. The van der Waals surface area contributed by atoms with E-state index in [2.05, 4.69) is 17.2 Å². The number of hydrogen-bond acceptors (Lipinski definition) is 3. The van der Waals surface area contributed by atoms with E-state index >= 15 is 0 Å². The molecule has 2 aromatic heterocycles. The maximum Gasteiger partial charge on any atom is 0.257 e. The number of carbonyl (C=O) groups is 1. The first kappa shape index (κ1) is 18.3. The zero-order chi connectivity index (χ0) is 19.7. The molecular weight excluding hydrogens is 355 g/mol. The molecule has 1 unspecified atom stereocenters. The van der Waals surface area contributed by atoms with Crippen LogP contribution in [0.25, 0.3) is 0 Å². The fraction of sp³-hybridized carbons (Fsp3) is 0.318. The zero-order valence-electron chi connectivity index (χ0n) is 16.1. The Balaban J connectivity index is 1.49. The minimum atomic E-state index is -0.223. The highest BCUT2D eigenvalue weighted by molar-refractivity contribution is 5.94. The van der Waals surface area contributed by atoms with Gasteiger partial charge in [-0.05, 0) is 55.2 Å². The molecule has 0 spiro atoms. The normalized spacial score (nSPS) is 16.5. The minimum Gasteiger partial charge on any atom is -0.338 e. The van der Waals surface area contributed by atoms with Crippen molar-refractivity contribution in [3.05, 3.63) is 82.7 Å². The molecule has 0 N–H and O–H groups in total. The Hall–Kier alpha value is -3.02. The van der Waals surface area contributed by atoms with E-state index < -0.39 is 0 Å². The summed E-state index contributed by atoms with van der Waals surface area (Å²) < 4.78 is 14.8. The standard InChI is InChI=1S/C22H23FN4O/c1-15-9-17(10-16-3-5-20(23)6-4-16)11-21(25-15)18-7-8-27(14-18)22(28)19-12-24-26(2)13-19/h3-6,9,11-13,18H,7-8,10,14H2,1-2H3. The number of nitrogens with zero attached hydrogens (tertiary/aromatic N) is 4. The molecule has 1 atom stereocenters. The highest BCUT2D eigenvalue weighted by atomic mass is 19.1. The minimum absolute atomic E-state index is 0.0230. The molecule has 0 saturated carbocycles. The highest BCUT2D eigenvalue weighted by Crippen LogP contribution is 2.28. The fourth-order valence-corrected chi connectivity index (χ4v) is 3.82. The maximum absolute atomic E-state index is 13.1. The summed E-state index contributed by atoms with van der Waals surface area (Å²) in [6.45, 7) is 3.38. The van der Waals surface area contributed by atoms with E-state index in [1.165, 1.54) is 12.1 Å². The quantitative estimate of drug-likeness (QED) is 0.698. The van der Waals surface area contributed by atoms with E-state index in [-0.39, 0.29) is 17.6 Å². The number of halogens is 1. The van der Waals surface area contributed by atoms with Crippen LogP contribution in [-0.4, -0.2) is 38.7 Å². The summed E-state index contributed by atoms with van der Waals surface area (Å²) >= 11 is 0. The van der Waals surface area contributed by atoms with Crippen molar-refractivity contribution in [1.29, 1.82) is 0 Å². The van der Waals surface area contributed by atoms with Crippen molar-refractivity contribution < 1.29 is 9.18 Å². The van der Waals surface area contributed by atoms with Crippen molar-refractivity contribution in [3.8, 4) is 0 Å². The van der Waals surface area contributed by atoms with Gasteiger partial charge < -0.3 is 4.90 Å². The lowest BCUT2D eigenvalue weighted by Crippen LogP contribution is -2.28. The molecule has 3 heterocycles. The molecule has 4 rings (SSSR count). The van der Waals surface area contributed by atoms with Crippen molar-refractivity contribution >= 4 is 5.91 Å². The molecule has 5 nitrogen and oxygen atoms in total. The van der Waals surface area contributed by atoms with E-state index in [0.29, 0.717) is 12.1 Å². The van der Waals surface area contributed by atoms with E-state index in [4.69, 9.17) is 4.98 Å². The molecule has 1 aliphatic heterocycles. The topological polar surface area (TPSA) is 51.0 Å². The summed E-state index contributed by atoms with van der Waals surface area (Å²) in [4.78, 5) is 19.3. The first-order chi connectivity index (χ1) is 13.5. The Kier molecular flexibility index (Phi) is 4.94. The Morgan fingerprint density at radius 2 is 2.00 bits per heavy atom. The lowest BCUT2D eigenvalue weighted by atomic mass is 9.98. The van der Waals surface area contributed by atoms with Gasteiger partial charge >= 0.3 is 0 Å². The number of benzene rings is 1. The molecule has 1 aromatic carbocycles. The van der Waals surface area contributed by atoms with Gasteiger partial charge in [-0.25, -0.2) is 4.39 Å². The zero-order valence-corrected chi connectivity index (χ0v) is 16.1. The van der Waals surface area contributed by atoms with Crippen LogP contribution in [0.1, 0.15) is 45.2 Å². The summed E-state index contributed by atoms with van der Waals surface area (Å²) in [5, 5.41) is 4.09. The second-order valence-electron chi connectivity index (χ2n) is 7.48. The first-order valence-electron chi connectivity index (χ1n) is 9.48. The lowest BCUT2D eigenvalue weighted by molar-refractivity contribution is 0.0790. The van der Waals surface area contributed by atoms with Gasteiger partial charge in [0.25, 0.3) is 5.91 Å². The molecule has 3 aromatic rings. The molecule has 1 fully saturated rings. The molecule has 28 heavy (non-hydrogen) atoms. The Morgan fingerprint density at radius 1 is 1.21 bits per heavy atom. The van der Waals surface area contributed by atoms with Crippen LogP contribution in [0.2, 0.25) is 0 Å². The van der Waals surface area contributed by atoms with Crippen LogP contribution in [0.15, 0.2) is 48.8 Å². The van der Waals surface area contributed by atoms with Crippen LogP contribution >= 0.6 is 0 Å². The van der Waals surface area contributed by atoms with Gasteiger partial charge in [-0.2, -0.15) is 5.10 Å². The van der Waals surface area contributed by atoms with Gasteiger partial charge in [-0.3, -0.25) is 14.5 Å². The summed E-state index contributed by atoms with van der Waals surface area (Å²) in [5.41, 5.74) is 4.84. The van der Waals surface area contributed by atoms with Gasteiger partial charge in [0, 0.05) is 43.6 Å². The Bertz CT molecular complexity index is 996. The van der Waals surface area contributed by atoms with Crippen LogP contribution in [0.5, 0.6) is 0 Å². The van der Waals surface area contributed by atoms with Crippen molar-refractivity contribution in [2.75, 3.05) is 13.1 Å². The SMILES string of the molecule is Cc1cc(Cc2ccc(F)cc2)cc(C2CCN(C(=O)c3cnn(C)c3)C2)n1. The third kappa shape index (κ3) is 3.96. The smallest absolute Gasteiger partial charge is 0.257 e. The number of carbonyl (C=O) groups excluding carboxylic acids is 1. The van der Waals surface area contributed by atoms with Crippen LogP contribution in [-0.2, 0) is 13.5 Å². The van der Waals surface area contributed by atoms with E-state index in [9.17, 15) is 9.18 Å². The number of amides is 1. The van der Waals surface area contributed by atoms with Crippen molar-refractivity contribution in [1.82, 2.24) is 19.7 Å². The van der Waals surface area contributed by atoms with Crippen LogP contribution in [0, 0.1) is 12.7 Å². The summed E-state index contributed by atoms with van der Waals surface area (Å²) in [6, 6.07) is 10.8. The molecule has 144 valence electrons. The second-order valence-corrected chi connectivity index (χ2v) is 7.48. The molecular formula is C22H23FN4O. The third-order valence-electron chi connectivity index (χ3n) is 5.20. The van der Waals surface area contributed by atoms with Gasteiger partial charge in [0.05, 0.1) is 11.8 Å². The summed E-state index contributed by atoms with van der Waals surface area (Å²) in [6.07, 6.45) is 5.00. The Labute approximate surface area is 163 Å². The lowest BCUT2D eigenvalue weighted by Gasteiger charge is -2.16. The molecule has 0 radical (unpaired) electrons.